The van der Waals surface area contributed by atoms with Crippen LogP contribution in [0, 0.1) is 13.8 Å². The van der Waals surface area contributed by atoms with Gasteiger partial charge in [0.05, 0.1) is 12.2 Å². The number of hydrogen-bond donors (Lipinski definition) is 2. The van der Waals surface area contributed by atoms with Crippen LogP contribution in [0.25, 0.3) is 0 Å². The van der Waals surface area contributed by atoms with Crippen LogP contribution in [0.5, 0.6) is 0 Å². The number of carbonyl (C=O) groups excluding carboxylic acids is 1. The fraction of sp³-hybridized carbons (Fsp3) is 0.667. The summed E-state index contributed by atoms with van der Waals surface area (Å²) in [6.45, 7) is 8.36. The molecule has 0 radical (unpaired) electrons. The zero-order valence-corrected chi connectivity index (χ0v) is 11.8. The van der Waals surface area contributed by atoms with Crippen LogP contribution in [0.15, 0.2) is 0 Å². The van der Waals surface area contributed by atoms with Gasteiger partial charge >= 0.3 is 0 Å². The molecule has 1 aromatic heterocycles. The van der Waals surface area contributed by atoms with Crippen molar-refractivity contribution in [3.63, 3.8) is 0 Å². The number of carbonyl (C=O) groups is 1. The second-order valence-electron chi connectivity index (χ2n) is 4.59. The predicted octanol–water partition coefficient (Wildman–Crippen LogP) is 0.994. The fourth-order valence-electron chi connectivity index (χ4n) is 1.95. The molecule has 0 saturated carbocycles. The minimum Gasteiger partial charge on any atom is -0.315 e. The lowest BCUT2D eigenvalue weighted by Gasteiger charge is -2.17. The summed E-state index contributed by atoms with van der Waals surface area (Å²) in [5.74, 6) is 0.0330. The van der Waals surface area contributed by atoms with Crippen LogP contribution < -0.4 is 10.6 Å². The quantitative estimate of drug-likeness (QED) is 0.858. The Morgan fingerprint density at radius 2 is 2.28 bits per heavy atom. The number of aryl methyl sites for hydroxylation is 2. The Morgan fingerprint density at radius 1 is 1.44 bits per heavy atom. The van der Waals surface area contributed by atoms with Gasteiger partial charge in [-0.1, -0.05) is 0 Å². The number of nitrogens with zero attached hydrogens (tertiary/aromatic N) is 2. The minimum absolute atomic E-state index is 0.0330. The lowest BCUT2D eigenvalue weighted by Crippen LogP contribution is -2.35. The van der Waals surface area contributed by atoms with E-state index in [0.717, 1.165) is 43.2 Å². The molecule has 6 heteroatoms. The summed E-state index contributed by atoms with van der Waals surface area (Å²) in [5, 5.41) is 6.92. The van der Waals surface area contributed by atoms with Gasteiger partial charge in [-0.3, -0.25) is 9.69 Å². The first-order valence-electron chi connectivity index (χ1n) is 6.32. The number of amides is 1. The number of nitrogens with one attached hydrogen (secondary N) is 2. The molecule has 1 amide bonds. The molecule has 1 aliphatic heterocycles. The van der Waals surface area contributed by atoms with Crippen molar-refractivity contribution in [1.82, 2.24) is 15.2 Å². The summed E-state index contributed by atoms with van der Waals surface area (Å²) >= 11 is 1.53. The fourth-order valence-corrected chi connectivity index (χ4v) is 2.78. The highest BCUT2D eigenvalue weighted by molar-refractivity contribution is 7.15. The van der Waals surface area contributed by atoms with Gasteiger partial charge in [0.25, 0.3) is 0 Å². The first-order chi connectivity index (χ1) is 8.65. The normalized spacial score (nSPS) is 17.4. The monoisotopic (exact) mass is 268 g/mol. The Kier molecular flexibility index (Phi) is 4.68. The van der Waals surface area contributed by atoms with Crippen LogP contribution >= 0.6 is 11.3 Å². The molecule has 0 unspecified atom stereocenters. The summed E-state index contributed by atoms with van der Waals surface area (Å²) in [6.07, 6.45) is 1.10. The third kappa shape index (κ3) is 3.76. The molecule has 1 aliphatic rings. The second kappa shape index (κ2) is 6.26. The van der Waals surface area contributed by atoms with Crippen LogP contribution in [0.3, 0.4) is 0 Å². The molecule has 5 nitrogen and oxygen atoms in total. The second-order valence-corrected chi connectivity index (χ2v) is 5.79. The smallest absolute Gasteiger partial charge is 0.240 e. The van der Waals surface area contributed by atoms with Gasteiger partial charge in [-0.05, 0) is 33.4 Å². The molecule has 2 N–H and O–H groups in total. The highest BCUT2D eigenvalue weighted by atomic mass is 32.1. The molecule has 100 valence electrons. The van der Waals surface area contributed by atoms with E-state index in [-0.39, 0.29) is 5.91 Å². The Morgan fingerprint density at radius 3 is 3.00 bits per heavy atom. The van der Waals surface area contributed by atoms with Crippen molar-refractivity contribution in [3.05, 3.63) is 10.6 Å². The van der Waals surface area contributed by atoms with Crippen LogP contribution in [0.2, 0.25) is 0 Å². The molecule has 18 heavy (non-hydrogen) atoms. The summed E-state index contributed by atoms with van der Waals surface area (Å²) in [4.78, 5) is 19.6. The summed E-state index contributed by atoms with van der Waals surface area (Å²) < 4.78 is 0. The topological polar surface area (TPSA) is 57.3 Å². The van der Waals surface area contributed by atoms with E-state index in [1.807, 2.05) is 13.8 Å². The maximum atomic E-state index is 11.9. The van der Waals surface area contributed by atoms with E-state index in [1.165, 1.54) is 11.3 Å². The van der Waals surface area contributed by atoms with E-state index in [4.69, 9.17) is 0 Å². The molecule has 2 heterocycles. The van der Waals surface area contributed by atoms with Crippen LogP contribution in [-0.4, -0.2) is 48.5 Å². The van der Waals surface area contributed by atoms with Gasteiger partial charge in [-0.15, -0.1) is 11.3 Å². The third-order valence-corrected chi connectivity index (χ3v) is 4.06. The van der Waals surface area contributed by atoms with Crippen molar-refractivity contribution >= 4 is 22.4 Å². The molecule has 1 fully saturated rings. The Hall–Kier alpha value is -0.980. The van der Waals surface area contributed by atoms with Crippen LogP contribution in [-0.2, 0) is 4.79 Å². The summed E-state index contributed by atoms with van der Waals surface area (Å²) in [7, 11) is 0. The van der Waals surface area contributed by atoms with Gasteiger partial charge in [-0.25, -0.2) is 4.98 Å². The molecular weight excluding hydrogens is 248 g/mol. The van der Waals surface area contributed by atoms with E-state index >= 15 is 0 Å². The molecule has 1 aromatic rings. The first kappa shape index (κ1) is 13.5. The Balaban J connectivity index is 1.84. The Labute approximate surface area is 112 Å². The van der Waals surface area contributed by atoms with Crippen molar-refractivity contribution in [1.29, 1.82) is 0 Å². The zero-order chi connectivity index (χ0) is 13.0. The predicted molar refractivity (Wildman–Crippen MR) is 74.1 cm³/mol. The van der Waals surface area contributed by atoms with E-state index in [2.05, 4.69) is 20.5 Å². The van der Waals surface area contributed by atoms with Crippen molar-refractivity contribution in [2.24, 2.45) is 0 Å². The largest absolute Gasteiger partial charge is 0.315 e. The number of aromatic nitrogens is 1. The minimum atomic E-state index is 0.0330. The average molecular weight is 268 g/mol. The van der Waals surface area contributed by atoms with Gasteiger partial charge in [0.1, 0.15) is 0 Å². The van der Waals surface area contributed by atoms with Crippen molar-refractivity contribution in [2.45, 2.75) is 20.3 Å². The summed E-state index contributed by atoms with van der Waals surface area (Å²) in [6, 6.07) is 0. The van der Waals surface area contributed by atoms with Gasteiger partial charge < -0.3 is 10.6 Å². The van der Waals surface area contributed by atoms with E-state index in [1.54, 1.807) is 0 Å². The highest BCUT2D eigenvalue weighted by Crippen LogP contribution is 2.20. The first-order valence-corrected chi connectivity index (χ1v) is 7.14. The Bertz CT molecular complexity index is 391. The van der Waals surface area contributed by atoms with Crippen LogP contribution in [0.4, 0.5) is 5.13 Å². The third-order valence-electron chi connectivity index (χ3n) is 3.07. The van der Waals surface area contributed by atoms with Crippen molar-refractivity contribution in [2.75, 3.05) is 38.0 Å². The standard InChI is InChI=1S/C12H20N4OS/c1-9-10(2)18-12(14-9)15-11(17)8-16-6-3-4-13-5-7-16/h13H,3-8H2,1-2H3,(H,14,15,17). The number of hydrogen-bond acceptors (Lipinski definition) is 5. The number of rotatable bonds is 3. The molecule has 0 aliphatic carbocycles. The summed E-state index contributed by atoms with van der Waals surface area (Å²) in [5.41, 5.74) is 0.995. The van der Waals surface area contributed by atoms with Gasteiger partial charge in [0.2, 0.25) is 5.91 Å². The van der Waals surface area contributed by atoms with Gasteiger partial charge in [0.15, 0.2) is 5.13 Å². The van der Waals surface area contributed by atoms with E-state index in [9.17, 15) is 4.79 Å². The maximum Gasteiger partial charge on any atom is 0.240 e. The number of anilines is 1. The molecular formula is C12H20N4OS. The molecule has 0 aromatic carbocycles. The molecule has 0 atom stereocenters. The molecule has 0 bridgehead atoms. The van der Waals surface area contributed by atoms with Crippen molar-refractivity contribution < 1.29 is 4.79 Å². The maximum absolute atomic E-state index is 11.9. The lowest BCUT2D eigenvalue weighted by atomic mass is 10.4. The van der Waals surface area contributed by atoms with Crippen LogP contribution in [0.1, 0.15) is 17.0 Å². The molecule has 1 saturated heterocycles. The van der Waals surface area contributed by atoms with Gasteiger partial charge in [-0.2, -0.15) is 0 Å². The average Bonchev–Trinajstić information content (AvgIpc) is 2.55. The van der Waals surface area contributed by atoms with Crippen molar-refractivity contribution in [3.8, 4) is 0 Å². The van der Waals surface area contributed by atoms with Gasteiger partial charge in [0, 0.05) is 18.0 Å². The number of thiazole rings is 1. The highest BCUT2D eigenvalue weighted by Gasteiger charge is 2.14. The zero-order valence-electron chi connectivity index (χ0n) is 11.0. The molecule has 2 rings (SSSR count). The molecule has 0 spiro atoms. The SMILES string of the molecule is Cc1nc(NC(=O)CN2CCCNCC2)sc1C. The van der Waals surface area contributed by atoms with E-state index in [0.29, 0.717) is 11.7 Å². The lowest BCUT2D eigenvalue weighted by molar-refractivity contribution is -0.117. The van der Waals surface area contributed by atoms with E-state index < -0.39 is 0 Å².